The number of hydrogen-bond acceptors (Lipinski definition) is 4. The third-order valence-corrected chi connectivity index (χ3v) is 5.96. The molecule has 156 valence electrons. The lowest BCUT2D eigenvalue weighted by Gasteiger charge is -2.17. The van der Waals surface area contributed by atoms with E-state index in [1.165, 1.54) is 30.3 Å². The lowest BCUT2D eigenvalue weighted by atomic mass is 10.2. The van der Waals surface area contributed by atoms with Gasteiger partial charge in [-0.15, -0.1) is 0 Å². The van der Waals surface area contributed by atoms with Gasteiger partial charge < -0.3 is 10.6 Å². The zero-order chi connectivity index (χ0) is 21.6. The van der Waals surface area contributed by atoms with Crippen LogP contribution in [0.2, 0.25) is 5.02 Å². The summed E-state index contributed by atoms with van der Waals surface area (Å²) in [5, 5.41) is 5.61. The number of halogens is 1. The number of hydrogen-bond donors (Lipinski definition) is 3. The van der Waals surface area contributed by atoms with Crippen molar-refractivity contribution in [3.63, 3.8) is 0 Å². The molecule has 0 saturated heterocycles. The van der Waals surface area contributed by atoms with Gasteiger partial charge in [0.25, 0.3) is 15.9 Å². The molecule has 0 saturated carbocycles. The third kappa shape index (κ3) is 6.20. The van der Waals surface area contributed by atoms with Crippen molar-refractivity contribution in [1.82, 2.24) is 10.6 Å². The quantitative estimate of drug-likeness (QED) is 0.589. The fourth-order valence-electron chi connectivity index (χ4n) is 2.37. The molecule has 9 heteroatoms. The highest BCUT2D eigenvalue weighted by molar-refractivity contribution is 7.92. The summed E-state index contributed by atoms with van der Waals surface area (Å²) in [5.74, 6) is -0.858. The highest BCUT2D eigenvalue weighted by Crippen LogP contribution is 2.24. The van der Waals surface area contributed by atoms with Gasteiger partial charge in [-0.3, -0.25) is 14.3 Å². The predicted molar refractivity (Wildman–Crippen MR) is 114 cm³/mol. The second-order valence-electron chi connectivity index (χ2n) is 6.63. The second-order valence-corrected chi connectivity index (χ2v) is 8.72. The SMILES string of the molecule is CCC(C)NC(=O)C(C)NC(=O)c1cccc(S(=O)(=O)Nc2ccccc2Cl)c1. The van der Waals surface area contributed by atoms with E-state index in [2.05, 4.69) is 15.4 Å². The summed E-state index contributed by atoms with van der Waals surface area (Å²) in [6, 6.07) is 11.2. The Hall–Kier alpha value is -2.58. The molecule has 0 radical (unpaired) electrons. The Balaban J connectivity index is 2.15. The summed E-state index contributed by atoms with van der Waals surface area (Å²) in [5.41, 5.74) is 0.356. The van der Waals surface area contributed by atoms with E-state index in [1.807, 2.05) is 13.8 Å². The van der Waals surface area contributed by atoms with Crippen molar-refractivity contribution in [2.75, 3.05) is 4.72 Å². The largest absolute Gasteiger partial charge is 0.352 e. The van der Waals surface area contributed by atoms with Gasteiger partial charge in [0.15, 0.2) is 0 Å². The third-order valence-electron chi connectivity index (χ3n) is 4.27. The maximum atomic E-state index is 12.6. The van der Waals surface area contributed by atoms with Crippen LogP contribution in [0, 0.1) is 0 Å². The molecule has 29 heavy (non-hydrogen) atoms. The van der Waals surface area contributed by atoms with Crippen LogP contribution in [0.15, 0.2) is 53.4 Å². The molecular weight excluding hydrogens is 414 g/mol. The van der Waals surface area contributed by atoms with Crippen LogP contribution in [0.4, 0.5) is 5.69 Å². The van der Waals surface area contributed by atoms with Gasteiger partial charge in [-0.05, 0) is 50.6 Å². The molecule has 2 atom stereocenters. The zero-order valence-electron chi connectivity index (χ0n) is 16.4. The van der Waals surface area contributed by atoms with E-state index in [4.69, 9.17) is 11.6 Å². The van der Waals surface area contributed by atoms with Crippen LogP contribution in [0.1, 0.15) is 37.6 Å². The fraction of sp³-hybridized carbons (Fsp3) is 0.300. The van der Waals surface area contributed by atoms with Gasteiger partial charge in [0, 0.05) is 11.6 Å². The Bertz CT molecular complexity index is 995. The Labute approximate surface area is 175 Å². The maximum Gasteiger partial charge on any atom is 0.261 e. The average molecular weight is 438 g/mol. The van der Waals surface area contributed by atoms with Crippen molar-refractivity contribution in [3.05, 3.63) is 59.1 Å². The topological polar surface area (TPSA) is 104 Å². The Morgan fingerprint density at radius 1 is 1.03 bits per heavy atom. The van der Waals surface area contributed by atoms with Crippen molar-refractivity contribution in [1.29, 1.82) is 0 Å². The number of carbonyl (C=O) groups excluding carboxylic acids is 2. The molecule has 2 aromatic carbocycles. The molecule has 7 nitrogen and oxygen atoms in total. The maximum absolute atomic E-state index is 12.6. The van der Waals surface area contributed by atoms with Crippen LogP contribution in [0.5, 0.6) is 0 Å². The number of sulfonamides is 1. The molecule has 2 amide bonds. The van der Waals surface area contributed by atoms with E-state index in [9.17, 15) is 18.0 Å². The molecule has 2 unspecified atom stereocenters. The van der Waals surface area contributed by atoms with E-state index in [0.29, 0.717) is 0 Å². The number of anilines is 1. The van der Waals surface area contributed by atoms with Gasteiger partial charge in [-0.25, -0.2) is 8.42 Å². The molecule has 0 aromatic heterocycles. The normalized spacial score (nSPS) is 13.2. The molecule has 0 heterocycles. The van der Waals surface area contributed by atoms with Crippen LogP contribution in [0.25, 0.3) is 0 Å². The van der Waals surface area contributed by atoms with Crippen molar-refractivity contribution in [3.8, 4) is 0 Å². The van der Waals surface area contributed by atoms with Crippen LogP contribution in [-0.4, -0.2) is 32.3 Å². The van der Waals surface area contributed by atoms with Crippen molar-refractivity contribution in [2.24, 2.45) is 0 Å². The minimum absolute atomic E-state index is 0.00814. The Kier molecular flexibility index (Phi) is 7.64. The summed E-state index contributed by atoms with van der Waals surface area (Å²) in [6.45, 7) is 5.37. The molecular formula is C20H24ClN3O4S. The Morgan fingerprint density at radius 3 is 2.38 bits per heavy atom. The molecule has 0 fully saturated rings. The summed E-state index contributed by atoms with van der Waals surface area (Å²) >= 11 is 6.00. The number of carbonyl (C=O) groups is 2. The number of nitrogens with one attached hydrogen (secondary N) is 3. The molecule has 0 aliphatic rings. The van der Waals surface area contributed by atoms with Gasteiger partial charge in [0.2, 0.25) is 5.91 Å². The molecule has 0 aliphatic heterocycles. The van der Waals surface area contributed by atoms with Crippen molar-refractivity contribution >= 4 is 39.1 Å². The molecule has 3 N–H and O–H groups in total. The number of benzene rings is 2. The van der Waals surface area contributed by atoms with E-state index >= 15 is 0 Å². The van der Waals surface area contributed by atoms with Crippen LogP contribution < -0.4 is 15.4 Å². The molecule has 0 bridgehead atoms. The van der Waals surface area contributed by atoms with Gasteiger partial charge in [0.05, 0.1) is 15.6 Å². The van der Waals surface area contributed by atoms with Gasteiger partial charge in [-0.1, -0.05) is 36.7 Å². The number of para-hydroxylation sites is 1. The summed E-state index contributed by atoms with van der Waals surface area (Å²) < 4.78 is 27.7. The van der Waals surface area contributed by atoms with Crippen LogP contribution >= 0.6 is 11.6 Å². The summed E-state index contributed by atoms with van der Waals surface area (Å²) in [6.07, 6.45) is 0.769. The van der Waals surface area contributed by atoms with Gasteiger partial charge in [-0.2, -0.15) is 0 Å². The first-order valence-electron chi connectivity index (χ1n) is 9.12. The zero-order valence-corrected chi connectivity index (χ0v) is 18.0. The van der Waals surface area contributed by atoms with E-state index in [1.54, 1.807) is 25.1 Å². The number of amides is 2. The highest BCUT2D eigenvalue weighted by Gasteiger charge is 2.20. The molecule has 0 spiro atoms. The fourth-order valence-corrected chi connectivity index (χ4v) is 3.73. The first-order chi connectivity index (χ1) is 13.6. The predicted octanol–water partition coefficient (Wildman–Crippen LogP) is 3.17. The van der Waals surface area contributed by atoms with E-state index in [-0.39, 0.29) is 33.1 Å². The summed E-state index contributed by atoms with van der Waals surface area (Å²) in [4.78, 5) is 24.5. The van der Waals surface area contributed by atoms with Gasteiger partial charge in [0.1, 0.15) is 6.04 Å². The summed E-state index contributed by atoms with van der Waals surface area (Å²) in [7, 11) is -3.95. The first-order valence-corrected chi connectivity index (χ1v) is 11.0. The minimum Gasteiger partial charge on any atom is -0.352 e. The minimum atomic E-state index is -3.95. The average Bonchev–Trinajstić information content (AvgIpc) is 2.69. The molecule has 2 aromatic rings. The van der Waals surface area contributed by atoms with Crippen molar-refractivity contribution < 1.29 is 18.0 Å². The highest BCUT2D eigenvalue weighted by atomic mass is 35.5. The molecule has 0 aliphatic carbocycles. The first kappa shape index (κ1) is 22.7. The van der Waals surface area contributed by atoms with Gasteiger partial charge >= 0.3 is 0 Å². The van der Waals surface area contributed by atoms with Crippen LogP contribution in [0.3, 0.4) is 0 Å². The smallest absolute Gasteiger partial charge is 0.261 e. The molecule has 2 rings (SSSR count). The van der Waals surface area contributed by atoms with Crippen LogP contribution in [-0.2, 0) is 14.8 Å². The second kappa shape index (κ2) is 9.76. The number of rotatable bonds is 8. The standard InChI is InChI=1S/C20H24ClN3O4S/c1-4-13(2)22-19(25)14(3)23-20(26)15-8-7-9-16(12-15)29(27,28)24-18-11-6-5-10-17(18)21/h5-14,24H,4H2,1-3H3,(H,22,25)(H,23,26). The monoisotopic (exact) mass is 437 g/mol. The van der Waals surface area contributed by atoms with Crippen molar-refractivity contribution in [2.45, 2.75) is 44.2 Å². The Morgan fingerprint density at radius 2 is 1.72 bits per heavy atom. The van der Waals surface area contributed by atoms with E-state index in [0.717, 1.165) is 6.42 Å². The lowest BCUT2D eigenvalue weighted by Crippen LogP contribution is -2.47. The lowest BCUT2D eigenvalue weighted by molar-refractivity contribution is -0.123. The van der Waals surface area contributed by atoms with E-state index < -0.39 is 22.0 Å².